The Morgan fingerprint density at radius 1 is 1.48 bits per heavy atom. The molecule has 21 heavy (non-hydrogen) atoms. The lowest BCUT2D eigenvalue weighted by Gasteiger charge is -2.34. The van der Waals surface area contributed by atoms with E-state index < -0.39 is 5.54 Å². The van der Waals surface area contributed by atoms with Gasteiger partial charge in [-0.15, -0.1) is 0 Å². The largest absolute Gasteiger partial charge is 0.357 e. The van der Waals surface area contributed by atoms with Crippen molar-refractivity contribution in [2.24, 2.45) is 0 Å². The standard InChI is InChI=1S/C17H21N3O/c1-12-18-16(21)17(19-12)9-10-20(11-17)15-8-4-6-13-5-2-3-7-14(13)15/h2-3,5,7,15,19H,1,4,6,8-11H2,(H,18,21)/i2T. The second-order valence-corrected chi connectivity index (χ2v) is 6.39. The topological polar surface area (TPSA) is 44.4 Å². The average Bonchev–Trinajstić information content (AvgIpc) is 3.02. The van der Waals surface area contributed by atoms with Crippen LogP contribution in [0.5, 0.6) is 0 Å². The molecule has 4 rings (SSSR count). The third-order valence-corrected chi connectivity index (χ3v) is 5.10. The second kappa shape index (κ2) is 4.60. The molecule has 1 aromatic rings. The molecule has 4 nitrogen and oxygen atoms in total. The van der Waals surface area contributed by atoms with Gasteiger partial charge in [-0.1, -0.05) is 30.8 Å². The molecule has 110 valence electrons. The van der Waals surface area contributed by atoms with E-state index in [1.165, 1.54) is 11.1 Å². The number of amides is 1. The van der Waals surface area contributed by atoms with Crippen molar-refractivity contribution in [3.05, 3.63) is 47.8 Å². The van der Waals surface area contributed by atoms with Gasteiger partial charge in [0.2, 0.25) is 0 Å². The monoisotopic (exact) mass is 285 g/mol. The normalized spacial score (nSPS) is 32.8. The van der Waals surface area contributed by atoms with Crippen LogP contribution < -0.4 is 10.6 Å². The number of benzene rings is 1. The van der Waals surface area contributed by atoms with Gasteiger partial charge in [-0.2, -0.15) is 0 Å². The van der Waals surface area contributed by atoms with Crippen LogP contribution in [0.1, 0.15) is 37.8 Å². The number of nitrogens with zero attached hydrogens (tertiary/aromatic N) is 1. The summed E-state index contributed by atoms with van der Waals surface area (Å²) in [7, 11) is 0. The summed E-state index contributed by atoms with van der Waals surface area (Å²) in [5, 5.41) is 6.06. The smallest absolute Gasteiger partial charge is 0.252 e. The van der Waals surface area contributed by atoms with Crippen LogP contribution in [-0.4, -0.2) is 29.4 Å². The van der Waals surface area contributed by atoms with Gasteiger partial charge in [-0.3, -0.25) is 9.69 Å². The number of hydrogen-bond acceptors (Lipinski definition) is 3. The van der Waals surface area contributed by atoms with Gasteiger partial charge in [-0.05, 0) is 36.8 Å². The van der Waals surface area contributed by atoms with Crippen molar-refractivity contribution < 1.29 is 6.17 Å². The Bertz CT molecular complexity index is 659. The highest BCUT2D eigenvalue weighted by molar-refractivity contribution is 5.91. The van der Waals surface area contributed by atoms with Crippen LogP contribution in [-0.2, 0) is 11.2 Å². The van der Waals surface area contributed by atoms with Crippen molar-refractivity contribution in [2.75, 3.05) is 13.1 Å². The van der Waals surface area contributed by atoms with Gasteiger partial charge >= 0.3 is 0 Å². The van der Waals surface area contributed by atoms with E-state index in [4.69, 9.17) is 1.37 Å². The third kappa shape index (κ3) is 1.97. The van der Waals surface area contributed by atoms with Crippen molar-refractivity contribution >= 4 is 5.91 Å². The molecule has 1 aliphatic carbocycles. The molecule has 4 heteroatoms. The Hall–Kier alpha value is -1.81. The summed E-state index contributed by atoms with van der Waals surface area (Å²) < 4.78 is 7.80. The molecular formula is C17H21N3O. The van der Waals surface area contributed by atoms with Crippen molar-refractivity contribution in [1.29, 1.82) is 0 Å². The molecule has 2 saturated heterocycles. The molecule has 2 N–H and O–H groups in total. The minimum Gasteiger partial charge on any atom is -0.357 e. The molecule has 3 aliphatic rings. The highest BCUT2D eigenvalue weighted by Gasteiger charge is 2.50. The van der Waals surface area contributed by atoms with Gasteiger partial charge in [0.1, 0.15) is 5.54 Å². The number of aryl methyl sites for hydroxylation is 1. The summed E-state index contributed by atoms with van der Waals surface area (Å²) in [6, 6.07) is 6.94. The maximum atomic E-state index is 12.2. The van der Waals surface area contributed by atoms with Gasteiger partial charge in [-0.25, -0.2) is 0 Å². The van der Waals surface area contributed by atoms with Crippen molar-refractivity contribution in [3.8, 4) is 0 Å². The molecule has 0 radical (unpaired) electrons. The lowest BCUT2D eigenvalue weighted by Crippen LogP contribution is -2.48. The highest BCUT2D eigenvalue weighted by Crippen LogP contribution is 2.38. The van der Waals surface area contributed by atoms with Gasteiger partial charge in [0.05, 0.1) is 7.19 Å². The first-order chi connectivity index (χ1) is 10.6. The molecule has 0 aromatic heterocycles. The first-order valence-corrected chi connectivity index (χ1v) is 7.69. The number of fused-ring (bicyclic) bond motifs is 1. The minimum atomic E-state index is -0.496. The van der Waals surface area contributed by atoms with E-state index in [-0.39, 0.29) is 5.91 Å². The van der Waals surface area contributed by atoms with Crippen LogP contribution >= 0.6 is 0 Å². The van der Waals surface area contributed by atoms with Crippen molar-refractivity contribution in [3.63, 3.8) is 0 Å². The summed E-state index contributed by atoms with van der Waals surface area (Å²) in [5.41, 5.74) is 2.15. The summed E-state index contributed by atoms with van der Waals surface area (Å²) in [4.78, 5) is 14.7. The Morgan fingerprint density at radius 3 is 3.19 bits per heavy atom. The average molecular weight is 285 g/mol. The molecule has 1 spiro atoms. The predicted octanol–water partition coefficient (Wildman–Crippen LogP) is 1.70. The fraction of sp³-hybridized carbons (Fsp3) is 0.471. The maximum Gasteiger partial charge on any atom is 0.252 e. The Morgan fingerprint density at radius 2 is 2.38 bits per heavy atom. The molecule has 0 saturated carbocycles. The zero-order valence-electron chi connectivity index (χ0n) is 13.1. The minimum absolute atomic E-state index is 0.0533. The number of hydrogen-bond donors (Lipinski definition) is 2. The van der Waals surface area contributed by atoms with E-state index in [0.717, 1.165) is 38.8 Å². The summed E-state index contributed by atoms with van der Waals surface area (Å²) >= 11 is 0. The van der Waals surface area contributed by atoms with Crippen LogP contribution in [0, 0.1) is 0 Å². The summed E-state index contributed by atoms with van der Waals surface area (Å²) in [6.07, 6.45) is 4.16. The Balaban J connectivity index is 1.60. The SMILES string of the molecule is [3H]c1ccc2c(c1)CCCC2N1CCC2(C1)NC(=C)NC2=O. The van der Waals surface area contributed by atoms with Crippen LogP contribution in [0.3, 0.4) is 0 Å². The number of carbonyl (C=O) groups excluding carboxylic acids is 1. The molecule has 2 fully saturated rings. The Labute approximate surface area is 126 Å². The van der Waals surface area contributed by atoms with Gasteiger partial charge in [0.15, 0.2) is 0 Å². The fourth-order valence-electron chi connectivity index (χ4n) is 4.07. The zero-order chi connectivity index (χ0) is 15.3. The fourth-order valence-corrected chi connectivity index (χ4v) is 4.07. The van der Waals surface area contributed by atoms with E-state index in [9.17, 15) is 4.79 Å². The zero-order valence-corrected chi connectivity index (χ0v) is 12.1. The predicted molar refractivity (Wildman–Crippen MR) is 81.5 cm³/mol. The van der Waals surface area contributed by atoms with E-state index in [0.29, 0.717) is 17.9 Å². The van der Waals surface area contributed by atoms with E-state index >= 15 is 0 Å². The number of nitrogens with one attached hydrogen (secondary N) is 2. The van der Waals surface area contributed by atoms with Crippen LogP contribution in [0.4, 0.5) is 0 Å². The molecule has 2 aliphatic heterocycles. The van der Waals surface area contributed by atoms with Crippen LogP contribution in [0.25, 0.3) is 0 Å². The molecule has 1 amide bonds. The first kappa shape index (κ1) is 11.8. The van der Waals surface area contributed by atoms with E-state index in [1.54, 1.807) is 0 Å². The number of likely N-dealkylation sites (tertiary alicyclic amines) is 1. The van der Waals surface area contributed by atoms with E-state index in [1.807, 2.05) is 12.1 Å². The molecule has 2 unspecified atom stereocenters. The lowest BCUT2D eigenvalue weighted by atomic mass is 9.87. The Kier molecular flexibility index (Phi) is 2.59. The molecule has 2 heterocycles. The lowest BCUT2D eigenvalue weighted by molar-refractivity contribution is -0.123. The molecular weight excluding hydrogens is 262 g/mol. The number of rotatable bonds is 1. The third-order valence-electron chi connectivity index (χ3n) is 5.10. The maximum absolute atomic E-state index is 12.2. The first-order valence-electron chi connectivity index (χ1n) is 8.19. The van der Waals surface area contributed by atoms with Crippen molar-refractivity contribution in [2.45, 2.75) is 37.3 Å². The molecule has 0 bridgehead atoms. The van der Waals surface area contributed by atoms with Crippen LogP contribution in [0.15, 0.2) is 36.6 Å². The highest BCUT2D eigenvalue weighted by atomic mass is 16.2. The second-order valence-electron chi connectivity index (χ2n) is 6.39. The van der Waals surface area contributed by atoms with Gasteiger partial charge in [0.25, 0.3) is 5.91 Å². The quantitative estimate of drug-likeness (QED) is 0.825. The van der Waals surface area contributed by atoms with Gasteiger partial charge < -0.3 is 10.6 Å². The van der Waals surface area contributed by atoms with E-state index in [2.05, 4.69) is 28.2 Å². The summed E-state index contributed by atoms with van der Waals surface area (Å²) in [6.45, 7) is 5.47. The number of carbonyl (C=O) groups is 1. The van der Waals surface area contributed by atoms with Gasteiger partial charge in [0, 0.05) is 19.1 Å². The van der Waals surface area contributed by atoms with Crippen molar-refractivity contribution in [1.82, 2.24) is 15.5 Å². The molecule has 1 aromatic carbocycles. The van der Waals surface area contributed by atoms with Crippen LogP contribution in [0.2, 0.25) is 0 Å². The summed E-state index contributed by atoms with van der Waals surface area (Å²) in [5.74, 6) is 0.673. The molecule has 2 atom stereocenters.